The quantitative estimate of drug-likeness (QED) is 0.821. The van der Waals surface area contributed by atoms with Gasteiger partial charge in [-0.2, -0.15) is 0 Å². The summed E-state index contributed by atoms with van der Waals surface area (Å²) in [6, 6.07) is 3.91. The van der Waals surface area contributed by atoms with Crippen molar-refractivity contribution in [2.45, 2.75) is 19.8 Å². The van der Waals surface area contributed by atoms with E-state index in [1.165, 1.54) is 12.1 Å². The van der Waals surface area contributed by atoms with Gasteiger partial charge >= 0.3 is 0 Å². The van der Waals surface area contributed by atoms with Crippen LogP contribution in [0.15, 0.2) is 18.2 Å². The van der Waals surface area contributed by atoms with Crippen molar-refractivity contribution in [3.63, 3.8) is 0 Å². The smallest absolute Gasteiger partial charge is 0.255 e. The molecule has 0 saturated heterocycles. The normalized spacial score (nSPS) is 10.0. The lowest BCUT2D eigenvalue weighted by atomic mass is 10.2. The van der Waals surface area contributed by atoms with Crippen LogP contribution in [0.5, 0.6) is 5.75 Å². The van der Waals surface area contributed by atoms with E-state index in [2.05, 4.69) is 0 Å². The Morgan fingerprint density at radius 2 is 2.12 bits per heavy atom. The van der Waals surface area contributed by atoms with Crippen molar-refractivity contribution < 1.29 is 18.7 Å². The number of hydrogen-bond acceptors (Lipinski definition) is 3. The largest absolute Gasteiger partial charge is 0.485 e. The second-order valence-electron chi connectivity index (χ2n) is 3.55. The second kappa shape index (κ2) is 5.98. The molecule has 1 amide bonds. The van der Waals surface area contributed by atoms with Crippen LogP contribution in [0.4, 0.5) is 4.39 Å². The number of halogens is 1. The van der Waals surface area contributed by atoms with Crippen LogP contribution in [0.25, 0.3) is 0 Å². The molecule has 0 unspecified atom stereocenters. The third-order valence-corrected chi connectivity index (χ3v) is 2.14. The van der Waals surface area contributed by atoms with Gasteiger partial charge in [0.25, 0.3) is 5.91 Å². The molecule has 17 heavy (non-hydrogen) atoms. The third kappa shape index (κ3) is 3.55. The molecule has 92 valence electrons. The van der Waals surface area contributed by atoms with E-state index in [1.807, 2.05) is 6.92 Å². The van der Waals surface area contributed by atoms with Crippen LogP contribution in [0.3, 0.4) is 0 Å². The van der Waals surface area contributed by atoms with Gasteiger partial charge in [0.05, 0.1) is 0 Å². The van der Waals surface area contributed by atoms with Crippen molar-refractivity contribution in [3.8, 4) is 5.75 Å². The Bertz CT molecular complexity index is 432. The predicted molar refractivity (Wildman–Crippen MR) is 60.3 cm³/mol. The van der Waals surface area contributed by atoms with E-state index >= 15 is 0 Å². The summed E-state index contributed by atoms with van der Waals surface area (Å²) in [6.07, 6.45) is 1.11. The first kappa shape index (κ1) is 13.2. The fourth-order valence-corrected chi connectivity index (χ4v) is 1.37. The van der Waals surface area contributed by atoms with Crippen LogP contribution < -0.4 is 10.5 Å². The molecule has 0 aliphatic rings. The van der Waals surface area contributed by atoms with Crippen molar-refractivity contribution in [2.24, 2.45) is 5.73 Å². The molecule has 0 bridgehead atoms. The molecule has 0 aliphatic heterocycles. The van der Waals surface area contributed by atoms with E-state index in [9.17, 15) is 14.0 Å². The van der Waals surface area contributed by atoms with Gasteiger partial charge in [0.15, 0.2) is 5.78 Å². The molecule has 0 aliphatic carbocycles. The maximum absolute atomic E-state index is 13.3. The number of hydrogen-bond donors (Lipinski definition) is 1. The fraction of sp³-hybridized carbons (Fsp3) is 0.333. The molecule has 0 heterocycles. The average Bonchev–Trinajstić information content (AvgIpc) is 2.26. The highest BCUT2D eigenvalue weighted by Crippen LogP contribution is 2.20. The summed E-state index contributed by atoms with van der Waals surface area (Å²) < 4.78 is 18.4. The van der Waals surface area contributed by atoms with Crippen molar-refractivity contribution in [1.29, 1.82) is 0 Å². The number of Topliss-reactive ketones (excluding diaryl/α,β-unsaturated/α-hetero) is 1. The van der Waals surface area contributed by atoms with Gasteiger partial charge in [0.2, 0.25) is 0 Å². The Hall–Kier alpha value is -1.91. The monoisotopic (exact) mass is 239 g/mol. The first-order valence-electron chi connectivity index (χ1n) is 5.29. The number of ketones is 1. The summed E-state index contributed by atoms with van der Waals surface area (Å²) in [4.78, 5) is 22.3. The number of carbonyl (C=O) groups excluding carboxylic acids is 2. The van der Waals surface area contributed by atoms with E-state index in [4.69, 9.17) is 10.5 Å². The molecule has 0 radical (unpaired) electrons. The van der Waals surface area contributed by atoms with Crippen molar-refractivity contribution in [3.05, 3.63) is 29.6 Å². The third-order valence-electron chi connectivity index (χ3n) is 2.14. The Balaban J connectivity index is 2.81. The Morgan fingerprint density at radius 1 is 1.41 bits per heavy atom. The zero-order valence-electron chi connectivity index (χ0n) is 9.53. The summed E-state index contributed by atoms with van der Waals surface area (Å²) in [5.74, 6) is -1.77. The summed E-state index contributed by atoms with van der Waals surface area (Å²) in [7, 11) is 0. The maximum atomic E-state index is 13.3. The van der Waals surface area contributed by atoms with Gasteiger partial charge in [-0.1, -0.05) is 13.0 Å². The molecule has 1 rings (SSSR count). The summed E-state index contributed by atoms with van der Waals surface area (Å²) in [5, 5.41) is 0. The predicted octanol–water partition coefficient (Wildman–Crippen LogP) is 1.67. The second-order valence-corrected chi connectivity index (χ2v) is 3.55. The molecule has 1 aromatic carbocycles. The molecule has 0 saturated carbocycles. The van der Waals surface area contributed by atoms with Crippen molar-refractivity contribution in [2.75, 3.05) is 6.61 Å². The summed E-state index contributed by atoms with van der Waals surface area (Å²) >= 11 is 0. The van der Waals surface area contributed by atoms with Crippen molar-refractivity contribution in [1.82, 2.24) is 0 Å². The molecule has 0 aromatic heterocycles. The van der Waals surface area contributed by atoms with E-state index < -0.39 is 11.7 Å². The van der Waals surface area contributed by atoms with E-state index in [-0.39, 0.29) is 23.7 Å². The Morgan fingerprint density at radius 3 is 2.71 bits per heavy atom. The van der Waals surface area contributed by atoms with Gasteiger partial charge in [0.1, 0.15) is 23.7 Å². The number of nitrogens with two attached hydrogens (primary N) is 1. The van der Waals surface area contributed by atoms with Crippen molar-refractivity contribution >= 4 is 11.7 Å². The van der Waals surface area contributed by atoms with Gasteiger partial charge < -0.3 is 10.5 Å². The molecule has 2 N–H and O–H groups in total. The highest BCUT2D eigenvalue weighted by molar-refractivity contribution is 5.96. The minimum Gasteiger partial charge on any atom is -0.485 e. The van der Waals surface area contributed by atoms with Crippen LogP contribution in [0.2, 0.25) is 0 Å². The Kier molecular flexibility index (Phi) is 4.63. The molecule has 5 heteroatoms. The summed E-state index contributed by atoms with van der Waals surface area (Å²) in [6.45, 7) is 1.69. The first-order chi connectivity index (χ1) is 8.06. The molecule has 0 spiro atoms. The van der Waals surface area contributed by atoms with E-state index in [0.29, 0.717) is 12.8 Å². The number of ether oxygens (including phenoxy) is 1. The molecule has 4 nitrogen and oxygen atoms in total. The minimum absolute atomic E-state index is 0.00181. The SMILES string of the molecule is CCCC(=O)COc1cccc(F)c1C(N)=O. The first-order valence-corrected chi connectivity index (χ1v) is 5.29. The lowest BCUT2D eigenvalue weighted by molar-refractivity contribution is -0.121. The van der Waals surface area contributed by atoms with Gasteiger partial charge in [0, 0.05) is 6.42 Å². The number of benzene rings is 1. The van der Waals surface area contributed by atoms with E-state index in [0.717, 1.165) is 6.07 Å². The standard InChI is InChI=1S/C12H14FNO3/c1-2-4-8(15)7-17-10-6-3-5-9(13)11(10)12(14)16/h3,5-6H,2,4,7H2,1H3,(H2,14,16). The Labute approximate surface area is 98.6 Å². The molecular weight excluding hydrogens is 225 g/mol. The van der Waals surface area contributed by atoms with Crippen LogP contribution in [-0.4, -0.2) is 18.3 Å². The lowest BCUT2D eigenvalue weighted by Gasteiger charge is -2.09. The highest BCUT2D eigenvalue weighted by Gasteiger charge is 2.15. The number of rotatable bonds is 6. The van der Waals surface area contributed by atoms with Gasteiger partial charge in [-0.15, -0.1) is 0 Å². The molecule has 0 atom stereocenters. The van der Waals surface area contributed by atoms with E-state index in [1.54, 1.807) is 0 Å². The van der Waals surface area contributed by atoms with Crippen LogP contribution in [0.1, 0.15) is 30.1 Å². The van der Waals surface area contributed by atoms with Crippen LogP contribution in [0, 0.1) is 5.82 Å². The van der Waals surface area contributed by atoms with Gasteiger partial charge in [-0.25, -0.2) is 4.39 Å². The number of carbonyl (C=O) groups is 2. The fourth-order valence-electron chi connectivity index (χ4n) is 1.37. The zero-order valence-corrected chi connectivity index (χ0v) is 9.53. The van der Waals surface area contributed by atoms with Gasteiger partial charge in [-0.3, -0.25) is 9.59 Å². The van der Waals surface area contributed by atoms with Gasteiger partial charge in [-0.05, 0) is 18.6 Å². The van der Waals surface area contributed by atoms with Crippen LogP contribution >= 0.6 is 0 Å². The maximum Gasteiger partial charge on any atom is 0.255 e. The number of amides is 1. The highest BCUT2D eigenvalue weighted by atomic mass is 19.1. The molecule has 1 aromatic rings. The zero-order chi connectivity index (χ0) is 12.8. The molecular formula is C12H14FNO3. The minimum atomic E-state index is -0.916. The lowest BCUT2D eigenvalue weighted by Crippen LogP contribution is -2.17. The molecule has 0 fully saturated rings. The summed E-state index contributed by atoms with van der Waals surface area (Å²) in [5.41, 5.74) is 4.71. The van der Waals surface area contributed by atoms with Crippen LogP contribution in [-0.2, 0) is 4.79 Å². The number of primary amides is 1. The average molecular weight is 239 g/mol. The topological polar surface area (TPSA) is 69.4 Å².